The van der Waals surface area contributed by atoms with Gasteiger partial charge in [0.2, 0.25) is 5.91 Å². The number of hydrogen-bond donors (Lipinski definition) is 0. The number of amides is 2. The van der Waals surface area contributed by atoms with Gasteiger partial charge in [-0.1, -0.05) is 13.8 Å². The third-order valence-electron chi connectivity index (χ3n) is 3.70. The van der Waals surface area contributed by atoms with Crippen LogP contribution in [-0.4, -0.2) is 53.0 Å². The molecule has 0 spiro atoms. The van der Waals surface area contributed by atoms with Crippen molar-refractivity contribution in [1.82, 2.24) is 9.80 Å². The molecule has 1 fully saturated rings. The maximum Gasteiger partial charge on any atom is 0.253 e. The van der Waals surface area contributed by atoms with E-state index in [1.54, 1.807) is 18.7 Å². The van der Waals surface area contributed by atoms with E-state index in [4.69, 9.17) is 0 Å². The molecule has 120 valence electrons. The van der Waals surface area contributed by atoms with Crippen LogP contribution >= 0.6 is 11.8 Å². The first-order valence-corrected chi connectivity index (χ1v) is 8.67. The minimum atomic E-state index is 0.0616. The van der Waals surface area contributed by atoms with Crippen molar-refractivity contribution >= 4 is 23.6 Å². The van der Waals surface area contributed by atoms with Crippen molar-refractivity contribution in [2.45, 2.75) is 37.3 Å². The second-order valence-electron chi connectivity index (χ2n) is 5.84. The highest BCUT2D eigenvalue weighted by Crippen LogP contribution is 2.23. The van der Waals surface area contributed by atoms with Gasteiger partial charge in [0.25, 0.3) is 5.91 Å². The van der Waals surface area contributed by atoms with Gasteiger partial charge in [-0.05, 0) is 30.7 Å². The molecule has 1 heterocycles. The van der Waals surface area contributed by atoms with E-state index < -0.39 is 0 Å². The summed E-state index contributed by atoms with van der Waals surface area (Å²) in [6.07, 6.45) is 0.840. The molecular weight excluding hydrogens is 296 g/mol. The van der Waals surface area contributed by atoms with Gasteiger partial charge >= 0.3 is 0 Å². The van der Waals surface area contributed by atoms with Crippen molar-refractivity contribution in [1.29, 1.82) is 0 Å². The fraction of sp³-hybridized carbons (Fsp3) is 0.529. The molecule has 2 rings (SSSR count). The number of rotatable bonds is 3. The highest BCUT2D eigenvalue weighted by atomic mass is 32.2. The van der Waals surface area contributed by atoms with Gasteiger partial charge in [-0.3, -0.25) is 9.59 Å². The predicted octanol–water partition coefficient (Wildman–Crippen LogP) is 2.88. The topological polar surface area (TPSA) is 40.6 Å². The Morgan fingerprint density at radius 1 is 1.00 bits per heavy atom. The van der Waals surface area contributed by atoms with Gasteiger partial charge in [-0.25, -0.2) is 0 Å². The number of benzene rings is 1. The fourth-order valence-corrected chi connectivity index (χ4v) is 3.40. The lowest BCUT2D eigenvalue weighted by Crippen LogP contribution is -2.36. The van der Waals surface area contributed by atoms with Gasteiger partial charge in [0.05, 0.1) is 0 Å². The highest BCUT2D eigenvalue weighted by molar-refractivity contribution is 7.99. The maximum atomic E-state index is 12.6. The zero-order valence-corrected chi connectivity index (χ0v) is 14.4. The van der Waals surface area contributed by atoms with Crippen LogP contribution in [0.1, 0.15) is 37.6 Å². The summed E-state index contributed by atoms with van der Waals surface area (Å²) in [7, 11) is 0. The van der Waals surface area contributed by atoms with Crippen LogP contribution in [0.25, 0.3) is 0 Å². The van der Waals surface area contributed by atoms with Crippen LogP contribution in [0.15, 0.2) is 29.2 Å². The summed E-state index contributed by atoms with van der Waals surface area (Å²) in [4.78, 5) is 28.9. The first kappa shape index (κ1) is 16.9. The molecule has 0 bridgehead atoms. The molecule has 0 N–H and O–H groups in total. The van der Waals surface area contributed by atoms with Gasteiger partial charge < -0.3 is 9.80 Å². The van der Waals surface area contributed by atoms with Crippen molar-refractivity contribution in [3.05, 3.63) is 29.8 Å². The van der Waals surface area contributed by atoms with Gasteiger partial charge in [0.1, 0.15) is 0 Å². The van der Waals surface area contributed by atoms with Gasteiger partial charge in [-0.15, -0.1) is 11.8 Å². The standard InChI is InChI=1S/C17H24N2O2S/c1-13(2)22-16-7-5-15(6-8-16)17(21)19-10-4-9-18(11-12-19)14(3)20/h5-8,13H,4,9-12H2,1-3H3. The lowest BCUT2D eigenvalue weighted by atomic mass is 10.2. The number of hydrogen-bond acceptors (Lipinski definition) is 3. The molecule has 1 aliphatic heterocycles. The van der Waals surface area contributed by atoms with E-state index >= 15 is 0 Å². The molecule has 1 aromatic carbocycles. The minimum Gasteiger partial charge on any atom is -0.341 e. The summed E-state index contributed by atoms with van der Waals surface area (Å²) >= 11 is 1.79. The van der Waals surface area contributed by atoms with Crippen LogP contribution in [0, 0.1) is 0 Å². The second kappa shape index (κ2) is 7.68. The predicted molar refractivity (Wildman–Crippen MR) is 90.2 cm³/mol. The highest BCUT2D eigenvalue weighted by Gasteiger charge is 2.21. The Balaban J connectivity index is 2.00. The normalized spacial score (nSPS) is 15.8. The van der Waals surface area contributed by atoms with Crippen molar-refractivity contribution in [2.75, 3.05) is 26.2 Å². The van der Waals surface area contributed by atoms with E-state index in [1.165, 1.54) is 4.90 Å². The average Bonchev–Trinajstić information content (AvgIpc) is 2.72. The Labute approximate surface area is 136 Å². The fourth-order valence-electron chi connectivity index (χ4n) is 2.57. The first-order chi connectivity index (χ1) is 10.5. The summed E-state index contributed by atoms with van der Waals surface area (Å²) < 4.78 is 0. The third kappa shape index (κ3) is 4.50. The molecule has 0 radical (unpaired) electrons. The van der Waals surface area contributed by atoms with E-state index in [1.807, 2.05) is 34.1 Å². The zero-order valence-electron chi connectivity index (χ0n) is 13.5. The Morgan fingerprint density at radius 2 is 1.59 bits per heavy atom. The van der Waals surface area contributed by atoms with Gasteiger partial charge in [-0.2, -0.15) is 0 Å². The Hall–Kier alpha value is -1.49. The smallest absolute Gasteiger partial charge is 0.253 e. The minimum absolute atomic E-state index is 0.0616. The summed E-state index contributed by atoms with van der Waals surface area (Å²) in [5.74, 6) is 0.149. The lowest BCUT2D eigenvalue weighted by Gasteiger charge is -2.21. The molecule has 1 saturated heterocycles. The maximum absolute atomic E-state index is 12.6. The molecule has 2 amide bonds. The van der Waals surface area contributed by atoms with Crippen molar-refractivity contribution in [3.8, 4) is 0 Å². The molecular formula is C17H24N2O2S. The Morgan fingerprint density at radius 3 is 2.18 bits per heavy atom. The molecule has 0 saturated carbocycles. The quantitative estimate of drug-likeness (QED) is 0.804. The number of carbonyl (C=O) groups excluding carboxylic acids is 2. The molecule has 4 nitrogen and oxygen atoms in total. The largest absolute Gasteiger partial charge is 0.341 e. The molecule has 0 aromatic heterocycles. The Kier molecular flexibility index (Phi) is 5.89. The Bertz CT molecular complexity index is 528. The summed E-state index contributed by atoms with van der Waals surface area (Å²) in [6, 6.07) is 7.83. The summed E-state index contributed by atoms with van der Waals surface area (Å²) in [6.45, 7) is 8.59. The molecule has 22 heavy (non-hydrogen) atoms. The third-order valence-corrected chi connectivity index (χ3v) is 4.72. The molecule has 1 aliphatic rings. The molecule has 0 atom stereocenters. The van der Waals surface area contributed by atoms with Crippen LogP contribution in [0.3, 0.4) is 0 Å². The monoisotopic (exact) mass is 320 g/mol. The van der Waals surface area contributed by atoms with Gasteiger partial charge in [0, 0.05) is 48.8 Å². The lowest BCUT2D eigenvalue weighted by molar-refractivity contribution is -0.128. The van der Waals surface area contributed by atoms with Crippen LogP contribution in [0.5, 0.6) is 0 Å². The van der Waals surface area contributed by atoms with E-state index in [0.717, 1.165) is 18.5 Å². The number of carbonyl (C=O) groups is 2. The van der Waals surface area contributed by atoms with Crippen LogP contribution in [0.4, 0.5) is 0 Å². The van der Waals surface area contributed by atoms with Crippen LogP contribution in [0.2, 0.25) is 0 Å². The van der Waals surface area contributed by atoms with Crippen molar-refractivity contribution in [2.24, 2.45) is 0 Å². The van der Waals surface area contributed by atoms with E-state index in [0.29, 0.717) is 24.9 Å². The van der Waals surface area contributed by atoms with Crippen LogP contribution in [-0.2, 0) is 4.79 Å². The number of thioether (sulfide) groups is 1. The summed E-state index contributed by atoms with van der Waals surface area (Å²) in [5.41, 5.74) is 0.726. The van der Waals surface area contributed by atoms with Crippen LogP contribution < -0.4 is 0 Å². The molecule has 1 aromatic rings. The van der Waals surface area contributed by atoms with E-state index in [2.05, 4.69) is 13.8 Å². The average molecular weight is 320 g/mol. The van der Waals surface area contributed by atoms with E-state index in [-0.39, 0.29) is 11.8 Å². The SMILES string of the molecule is CC(=O)N1CCCN(C(=O)c2ccc(SC(C)C)cc2)CC1. The molecule has 0 aliphatic carbocycles. The number of nitrogens with zero attached hydrogens (tertiary/aromatic N) is 2. The van der Waals surface area contributed by atoms with Gasteiger partial charge in [0.15, 0.2) is 0 Å². The zero-order chi connectivity index (χ0) is 16.1. The second-order valence-corrected chi connectivity index (χ2v) is 7.49. The molecule has 5 heteroatoms. The summed E-state index contributed by atoms with van der Waals surface area (Å²) in [5, 5.41) is 0.532. The van der Waals surface area contributed by atoms with Crippen molar-refractivity contribution < 1.29 is 9.59 Å². The first-order valence-electron chi connectivity index (χ1n) is 7.79. The van der Waals surface area contributed by atoms with E-state index in [9.17, 15) is 9.59 Å². The molecule has 0 unspecified atom stereocenters. The van der Waals surface area contributed by atoms with Crippen molar-refractivity contribution in [3.63, 3.8) is 0 Å².